The zero-order valence-electron chi connectivity index (χ0n) is 22.5. The van der Waals surface area contributed by atoms with Gasteiger partial charge in [0, 0.05) is 28.4 Å². The van der Waals surface area contributed by atoms with Gasteiger partial charge in [-0.1, -0.05) is 31.2 Å². The number of H-pyrrole nitrogens is 1. The minimum Gasteiger partial charge on any atom is -0.484 e. The second-order valence-corrected chi connectivity index (χ2v) is 9.94. The van der Waals surface area contributed by atoms with Gasteiger partial charge < -0.3 is 19.5 Å². The number of hydrogen-bond donors (Lipinski definition) is 3. The summed E-state index contributed by atoms with van der Waals surface area (Å²) in [6, 6.07) is 14.2. The Morgan fingerprint density at radius 2 is 1.85 bits per heavy atom. The van der Waals surface area contributed by atoms with Crippen molar-refractivity contribution in [3.05, 3.63) is 72.2 Å². The zero-order chi connectivity index (χ0) is 28.1. The van der Waals surface area contributed by atoms with Crippen LogP contribution in [0.25, 0.3) is 22.5 Å². The van der Waals surface area contributed by atoms with Crippen LogP contribution in [-0.4, -0.2) is 44.3 Å². The van der Waals surface area contributed by atoms with Crippen LogP contribution in [0.4, 0.5) is 10.6 Å². The summed E-state index contributed by atoms with van der Waals surface area (Å²) in [7, 11) is 0. The standard InChI is InChI=1S/C29H30N6O5/c1-4-29(2,3)35-25(36)17-39-22-7-5-6-19(12-22)26-32-24-16-38-15-23(24)27(33-26)34-28(37)40-21-10-8-18(9-11-21)20-13-30-31-14-20/h5-14H,4,15-17H2,1-3H3,(H,30,31)(H,35,36)(H,32,33,34,37). The molecular weight excluding hydrogens is 512 g/mol. The molecule has 206 valence electrons. The number of ether oxygens (including phenoxy) is 3. The summed E-state index contributed by atoms with van der Waals surface area (Å²) in [4.78, 5) is 34.3. The molecule has 11 nitrogen and oxygen atoms in total. The average Bonchev–Trinajstić information content (AvgIpc) is 3.65. The molecular formula is C29H30N6O5. The van der Waals surface area contributed by atoms with Crippen molar-refractivity contribution in [3.63, 3.8) is 0 Å². The molecule has 0 aliphatic carbocycles. The van der Waals surface area contributed by atoms with Gasteiger partial charge in [-0.2, -0.15) is 5.10 Å². The Morgan fingerprint density at radius 3 is 2.60 bits per heavy atom. The number of amides is 2. The number of nitrogens with one attached hydrogen (secondary N) is 3. The third kappa shape index (κ3) is 6.44. The van der Waals surface area contributed by atoms with E-state index in [0.29, 0.717) is 46.6 Å². The van der Waals surface area contributed by atoms with Crippen molar-refractivity contribution >= 4 is 17.8 Å². The fourth-order valence-electron chi connectivity index (χ4n) is 4.01. The van der Waals surface area contributed by atoms with Crippen LogP contribution in [0.15, 0.2) is 60.9 Å². The number of fused-ring (bicyclic) bond motifs is 1. The number of carbonyl (C=O) groups is 2. The predicted octanol–water partition coefficient (Wildman–Crippen LogP) is 4.86. The highest BCUT2D eigenvalue weighted by molar-refractivity contribution is 5.86. The number of carbonyl (C=O) groups excluding carboxylic acids is 2. The molecule has 11 heteroatoms. The molecule has 2 amide bonds. The minimum absolute atomic E-state index is 0.118. The molecule has 0 saturated heterocycles. The average molecular weight is 543 g/mol. The summed E-state index contributed by atoms with van der Waals surface area (Å²) in [5.41, 5.74) is 3.59. The van der Waals surface area contributed by atoms with Crippen LogP contribution in [0, 0.1) is 0 Å². The maximum atomic E-state index is 12.8. The summed E-state index contributed by atoms with van der Waals surface area (Å²) in [6.07, 6.45) is 3.61. The molecule has 5 rings (SSSR count). The highest BCUT2D eigenvalue weighted by atomic mass is 16.6. The Hall–Kier alpha value is -4.77. The normalized spacial score (nSPS) is 12.5. The number of anilines is 1. The highest BCUT2D eigenvalue weighted by Gasteiger charge is 2.23. The smallest absolute Gasteiger partial charge is 0.418 e. The van der Waals surface area contributed by atoms with E-state index in [1.54, 1.807) is 42.7 Å². The lowest BCUT2D eigenvalue weighted by molar-refractivity contribution is -0.124. The fourth-order valence-corrected chi connectivity index (χ4v) is 4.01. The Kier molecular flexibility index (Phi) is 7.74. The Balaban J connectivity index is 1.28. The SMILES string of the molecule is CCC(C)(C)NC(=O)COc1cccc(-c2nc3c(c(NC(=O)Oc4ccc(-c5cn[nH]c5)cc4)n2)COC3)c1. The lowest BCUT2D eigenvalue weighted by atomic mass is 10.0. The maximum absolute atomic E-state index is 12.8. The molecule has 0 spiro atoms. The van der Waals surface area contributed by atoms with E-state index in [1.807, 2.05) is 39.0 Å². The molecule has 4 aromatic rings. The van der Waals surface area contributed by atoms with Gasteiger partial charge in [-0.25, -0.2) is 14.8 Å². The van der Waals surface area contributed by atoms with E-state index < -0.39 is 6.09 Å². The number of aromatic nitrogens is 4. The van der Waals surface area contributed by atoms with Gasteiger partial charge in [-0.15, -0.1) is 0 Å². The van der Waals surface area contributed by atoms with Crippen LogP contribution in [0.5, 0.6) is 11.5 Å². The number of hydrogen-bond acceptors (Lipinski definition) is 8. The zero-order valence-corrected chi connectivity index (χ0v) is 22.5. The van der Waals surface area contributed by atoms with Gasteiger partial charge in [0.2, 0.25) is 0 Å². The second kappa shape index (κ2) is 11.5. The van der Waals surface area contributed by atoms with Crippen LogP contribution in [0.1, 0.15) is 38.4 Å². The van der Waals surface area contributed by atoms with Gasteiger partial charge in [0.15, 0.2) is 12.4 Å². The largest absolute Gasteiger partial charge is 0.484 e. The van der Waals surface area contributed by atoms with E-state index in [-0.39, 0.29) is 24.7 Å². The third-order valence-corrected chi connectivity index (χ3v) is 6.52. The number of benzene rings is 2. The number of aromatic amines is 1. The maximum Gasteiger partial charge on any atom is 0.418 e. The van der Waals surface area contributed by atoms with Crippen LogP contribution >= 0.6 is 0 Å². The fraction of sp³-hybridized carbons (Fsp3) is 0.276. The topological polar surface area (TPSA) is 140 Å². The summed E-state index contributed by atoms with van der Waals surface area (Å²) < 4.78 is 16.8. The molecule has 3 N–H and O–H groups in total. The molecule has 1 aliphatic rings. The third-order valence-electron chi connectivity index (χ3n) is 6.52. The first-order chi connectivity index (χ1) is 19.3. The van der Waals surface area contributed by atoms with Crippen LogP contribution < -0.4 is 20.1 Å². The van der Waals surface area contributed by atoms with Gasteiger partial charge in [-0.3, -0.25) is 15.2 Å². The van der Waals surface area contributed by atoms with Gasteiger partial charge >= 0.3 is 6.09 Å². The molecule has 1 aliphatic heterocycles. The predicted molar refractivity (Wildman–Crippen MR) is 148 cm³/mol. The second-order valence-electron chi connectivity index (χ2n) is 9.94. The summed E-state index contributed by atoms with van der Waals surface area (Å²) in [5.74, 6) is 1.36. The molecule has 0 radical (unpaired) electrons. The van der Waals surface area contributed by atoms with Crippen molar-refractivity contribution in [2.24, 2.45) is 0 Å². The van der Waals surface area contributed by atoms with Crippen molar-refractivity contribution in [2.75, 3.05) is 11.9 Å². The molecule has 2 aromatic heterocycles. The van der Waals surface area contributed by atoms with Gasteiger partial charge in [0.25, 0.3) is 5.91 Å². The first-order valence-corrected chi connectivity index (χ1v) is 12.9. The quantitative estimate of drug-likeness (QED) is 0.272. The number of rotatable bonds is 9. The number of nitrogens with zero attached hydrogens (tertiary/aromatic N) is 3. The van der Waals surface area contributed by atoms with E-state index in [0.717, 1.165) is 17.5 Å². The molecule has 0 bridgehead atoms. The van der Waals surface area contributed by atoms with Gasteiger partial charge in [-0.05, 0) is 50.1 Å². The molecule has 2 aromatic carbocycles. The van der Waals surface area contributed by atoms with Crippen molar-refractivity contribution in [1.29, 1.82) is 0 Å². The van der Waals surface area contributed by atoms with E-state index in [9.17, 15) is 9.59 Å². The molecule has 3 heterocycles. The van der Waals surface area contributed by atoms with Crippen LogP contribution in [0.2, 0.25) is 0 Å². The summed E-state index contributed by atoms with van der Waals surface area (Å²) >= 11 is 0. The first kappa shape index (κ1) is 26.8. The van der Waals surface area contributed by atoms with Crippen LogP contribution in [0.3, 0.4) is 0 Å². The summed E-state index contributed by atoms with van der Waals surface area (Å²) in [6.45, 7) is 6.38. The van der Waals surface area contributed by atoms with Crippen molar-refractivity contribution < 1.29 is 23.8 Å². The van der Waals surface area contributed by atoms with Gasteiger partial charge in [0.1, 0.15) is 17.3 Å². The van der Waals surface area contributed by atoms with E-state index in [1.165, 1.54) is 0 Å². The molecule has 0 saturated carbocycles. The van der Waals surface area contributed by atoms with E-state index in [4.69, 9.17) is 14.2 Å². The molecule has 40 heavy (non-hydrogen) atoms. The molecule has 0 atom stereocenters. The highest BCUT2D eigenvalue weighted by Crippen LogP contribution is 2.30. The summed E-state index contributed by atoms with van der Waals surface area (Å²) in [5, 5.41) is 12.4. The lowest BCUT2D eigenvalue weighted by Gasteiger charge is -2.24. The molecule has 0 unspecified atom stereocenters. The van der Waals surface area contributed by atoms with Crippen LogP contribution in [-0.2, 0) is 22.7 Å². The van der Waals surface area contributed by atoms with E-state index in [2.05, 4.69) is 30.8 Å². The Labute approximate surface area is 231 Å². The van der Waals surface area contributed by atoms with Crippen molar-refractivity contribution in [1.82, 2.24) is 25.5 Å². The monoisotopic (exact) mass is 542 g/mol. The first-order valence-electron chi connectivity index (χ1n) is 12.9. The van der Waals surface area contributed by atoms with E-state index >= 15 is 0 Å². The molecule has 0 fully saturated rings. The Bertz CT molecular complexity index is 1500. The van der Waals surface area contributed by atoms with Crippen molar-refractivity contribution in [2.45, 2.75) is 45.9 Å². The van der Waals surface area contributed by atoms with Crippen molar-refractivity contribution in [3.8, 4) is 34.0 Å². The Morgan fingerprint density at radius 1 is 1.02 bits per heavy atom. The lowest BCUT2D eigenvalue weighted by Crippen LogP contribution is -2.44. The van der Waals surface area contributed by atoms with Gasteiger partial charge in [0.05, 0.1) is 25.1 Å². The minimum atomic E-state index is -0.687.